The van der Waals surface area contributed by atoms with E-state index < -0.39 is 0 Å². The van der Waals surface area contributed by atoms with Crippen LogP contribution in [-0.2, 0) is 16.1 Å². The Morgan fingerprint density at radius 1 is 1.29 bits per heavy atom. The van der Waals surface area contributed by atoms with Crippen LogP contribution in [0, 0.1) is 5.82 Å². The van der Waals surface area contributed by atoms with E-state index in [1.807, 2.05) is 17.5 Å². The number of hydrogen-bond acceptors (Lipinski definition) is 7. The predicted molar refractivity (Wildman–Crippen MR) is 89.1 cm³/mol. The summed E-state index contributed by atoms with van der Waals surface area (Å²) in [7, 11) is 0. The number of ether oxygens (including phenoxy) is 1. The molecule has 1 aromatic carbocycles. The Balaban J connectivity index is 1.40. The molecular formula is C16H13FN2O3S2. The average molecular weight is 364 g/mol. The summed E-state index contributed by atoms with van der Waals surface area (Å²) in [5.41, 5.74) is 0. The smallest absolute Gasteiger partial charge is 0.307 e. The fraction of sp³-hybridized carbons (Fsp3) is 0.188. The number of nitrogens with zero attached hydrogens (tertiary/aromatic N) is 2. The highest BCUT2D eigenvalue weighted by Gasteiger charge is 2.11. The molecule has 0 radical (unpaired) electrons. The summed E-state index contributed by atoms with van der Waals surface area (Å²) in [5, 5.41) is 5.70. The number of esters is 1. The van der Waals surface area contributed by atoms with Gasteiger partial charge in [0.25, 0.3) is 5.89 Å². The maximum atomic E-state index is 12.8. The van der Waals surface area contributed by atoms with Crippen molar-refractivity contribution in [3.8, 4) is 10.8 Å². The normalized spacial score (nSPS) is 10.7. The third-order valence-electron chi connectivity index (χ3n) is 2.95. The van der Waals surface area contributed by atoms with Crippen LogP contribution < -0.4 is 0 Å². The van der Waals surface area contributed by atoms with Crippen LogP contribution in [0.3, 0.4) is 0 Å². The van der Waals surface area contributed by atoms with Gasteiger partial charge in [-0.1, -0.05) is 11.2 Å². The maximum absolute atomic E-state index is 12.8. The molecule has 0 aliphatic carbocycles. The van der Waals surface area contributed by atoms with Crippen LogP contribution in [0.2, 0.25) is 0 Å². The second kappa shape index (κ2) is 8.07. The van der Waals surface area contributed by atoms with E-state index >= 15 is 0 Å². The lowest BCUT2D eigenvalue weighted by Crippen LogP contribution is -2.06. The monoisotopic (exact) mass is 364 g/mol. The number of hydrogen-bond donors (Lipinski definition) is 0. The van der Waals surface area contributed by atoms with Gasteiger partial charge in [0, 0.05) is 10.6 Å². The number of carbonyl (C=O) groups excluding carboxylic acids is 1. The third kappa shape index (κ3) is 4.65. The molecule has 0 aliphatic rings. The Morgan fingerprint density at radius 2 is 2.12 bits per heavy atom. The quantitative estimate of drug-likeness (QED) is 0.463. The molecule has 0 unspecified atom stereocenters. The minimum Gasteiger partial charge on any atom is -0.457 e. The molecule has 0 saturated carbocycles. The summed E-state index contributed by atoms with van der Waals surface area (Å²) < 4.78 is 23.0. The second-order valence-corrected chi connectivity index (χ2v) is 6.82. The first-order chi connectivity index (χ1) is 11.7. The summed E-state index contributed by atoms with van der Waals surface area (Å²) in [5.74, 6) is 0.686. The molecule has 3 rings (SSSR count). The topological polar surface area (TPSA) is 65.2 Å². The van der Waals surface area contributed by atoms with Crippen LogP contribution in [0.25, 0.3) is 10.8 Å². The van der Waals surface area contributed by atoms with Crippen LogP contribution in [0.1, 0.15) is 12.2 Å². The lowest BCUT2D eigenvalue weighted by atomic mass is 10.4. The van der Waals surface area contributed by atoms with Gasteiger partial charge in [-0.15, -0.1) is 23.1 Å². The molecule has 5 nitrogen and oxygen atoms in total. The first kappa shape index (κ1) is 16.7. The Labute approximate surface area is 145 Å². The lowest BCUT2D eigenvalue weighted by molar-refractivity contribution is -0.144. The van der Waals surface area contributed by atoms with Gasteiger partial charge < -0.3 is 9.26 Å². The summed E-state index contributed by atoms with van der Waals surface area (Å²) >= 11 is 2.96. The summed E-state index contributed by atoms with van der Waals surface area (Å²) in [4.78, 5) is 17.7. The van der Waals surface area contributed by atoms with E-state index in [1.54, 1.807) is 12.1 Å². The first-order valence-electron chi connectivity index (χ1n) is 7.11. The van der Waals surface area contributed by atoms with Crippen LogP contribution in [-0.4, -0.2) is 21.9 Å². The summed E-state index contributed by atoms with van der Waals surface area (Å²) in [6, 6.07) is 9.90. The second-order valence-electron chi connectivity index (χ2n) is 4.71. The van der Waals surface area contributed by atoms with E-state index in [9.17, 15) is 9.18 Å². The summed E-state index contributed by atoms with van der Waals surface area (Å²) in [6.45, 7) is -0.0189. The molecule has 2 aromatic heterocycles. The molecule has 0 spiro atoms. The molecule has 0 saturated heterocycles. The number of aromatic nitrogens is 2. The SMILES string of the molecule is O=C(CCSc1ccc(F)cc1)OCc1noc(-c2cccs2)n1. The highest BCUT2D eigenvalue weighted by molar-refractivity contribution is 7.99. The van der Waals surface area contributed by atoms with Gasteiger partial charge in [0.05, 0.1) is 11.3 Å². The zero-order valence-electron chi connectivity index (χ0n) is 12.5. The molecule has 0 bridgehead atoms. The number of rotatable bonds is 7. The van der Waals surface area contributed by atoms with Crippen molar-refractivity contribution in [2.24, 2.45) is 0 Å². The highest BCUT2D eigenvalue weighted by Crippen LogP contribution is 2.22. The van der Waals surface area contributed by atoms with Gasteiger partial charge in [-0.2, -0.15) is 4.98 Å². The average Bonchev–Trinajstić information content (AvgIpc) is 3.26. The van der Waals surface area contributed by atoms with E-state index in [2.05, 4.69) is 10.1 Å². The standard InChI is InChI=1S/C16H13FN2O3S2/c17-11-3-5-12(6-4-11)23-9-7-15(20)21-10-14-18-16(22-19-14)13-2-1-8-24-13/h1-6,8H,7,9-10H2. The number of thioether (sulfide) groups is 1. The Bertz CT molecular complexity index is 788. The van der Waals surface area contributed by atoms with Gasteiger partial charge in [0.1, 0.15) is 5.82 Å². The molecule has 0 atom stereocenters. The molecule has 2 heterocycles. The van der Waals surface area contributed by atoms with E-state index in [4.69, 9.17) is 9.26 Å². The third-order valence-corrected chi connectivity index (χ3v) is 4.82. The largest absolute Gasteiger partial charge is 0.457 e. The van der Waals surface area contributed by atoms with Crippen molar-refractivity contribution in [1.29, 1.82) is 0 Å². The predicted octanol–water partition coefficient (Wildman–Crippen LogP) is 4.16. The Morgan fingerprint density at radius 3 is 2.88 bits per heavy atom. The van der Waals surface area contributed by atoms with Crippen molar-refractivity contribution in [2.45, 2.75) is 17.9 Å². The minimum atomic E-state index is -0.341. The zero-order chi connectivity index (χ0) is 16.8. The molecule has 0 fully saturated rings. The van der Waals surface area contributed by atoms with Crippen LogP contribution in [0.15, 0.2) is 51.2 Å². The lowest BCUT2D eigenvalue weighted by Gasteiger charge is -2.02. The van der Waals surface area contributed by atoms with E-state index in [1.165, 1.54) is 35.2 Å². The van der Waals surface area contributed by atoms with Crippen LogP contribution >= 0.6 is 23.1 Å². The number of halogens is 1. The molecule has 124 valence electrons. The van der Waals surface area contributed by atoms with Gasteiger partial charge in [0.15, 0.2) is 6.61 Å². The molecule has 24 heavy (non-hydrogen) atoms. The van der Waals surface area contributed by atoms with Gasteiger partial charge in [-0.3, -0.25) is 4.79 Å². The van der Waals surface area contributed by atoms with Gasteiger partial charge >= 0.3 is 5.97 Å². The summed E-state index contributed by atoms with van der Waals surface area (Å²) in [6.07, 6.45) is 0.248. The van der Waals surface area contributed by atoms with Crippen LogP contribution in [0.5, 0.6) is 0 Å². The maximum Gasteiger partial charge on any atom is 0.307 e. The first-order valence-corrected chi connectivity index (χ1v) is 8.98. The van der Waals surface area contributed by atoms with E-state index in [0.29, 0.717) is 17.5 Å². The molecular weight excluding hydrogens is 351 g/mol. The fourth-order valence-electron chi connectivity index (χ4n) is 1.81. The van der Waals surface area contributed by atoms with Crippen molar-refractivity contribution < 1.29 is 18.4 Å². The molecule has 8 heteroatoms. The van der Waals surface area contributed by atoms with Gasteiger partial charge in [0.2, 0.25) is 5.82 Å². The van der Waals surface area contributed by atoms with Gasteiger partial charge in [-0.25, -0.2) is 4.39 Å². The highest BCUT2D eigenvalue weighted by atomic mass is 32.2. The van der Waals surface area contributed by atoms with Crippen molar-refractivity contribution in [1.82, 2.24) is 10.1 Å². The van der Waals surface area contributed by atoms with E-state index in [0.717, 1.165) is 9.77 Å². The van der Waals surface area contributed by atoms with Gasteiger partial charge in [-0.05, 0) is 35.7 Å². The van der Waals surface area contributed by atoms with Crippen LogP contribution in [0.4, 0.5) is 4.39 Å². The zero-order valence-corrected chi connectivity index (χ0v) is 14.1. The number of benzene rings is 1. The van der Waals surface area contributed by atoms with Crippen molar-refractivity contribution in [3.05, 3.63) is 53.4 Å². The van der Waals surface area contributed by atoms with Crippen molar-refractivity contribution >= 4 is 29.1 Å². The van der Waals surface area contributed by atoms with Crippen molar-refractivity contribution in [2.75, 3.05) is 5.75 Å². The fourth-order valence-corrected chi connectivity index (χ4v) is 3.29. The Hall–Kier alpha value is -2.19. The minimum absolute atomic E-state index is 0.0189. The number of thiophene rings is 1. The molecule has 0 N–H and O–H groups in total. The number of carbonyl (C=O) groups is 1. The molecule has 0 aliphatic heterocycles. The molecule has 0 amide bonds. The van der Waals surface area contributed by atoms with E-state index in [-0.39, 0.29) is 24.8 Å². The Kier molecular flexibility index (Phi) is 5.60. The molecule has 3 aromatic rings. The van der Waals surface area contributed by atoms with Crippen molar-refractivity contribution in [3.63, 3.8) is 0 Å².